The second-order valence-electron chi connectivity index (χ2n) is 2.64. The van der Waals surface area contributed by atoms with Gasteiger partial charge in [-0.25, -0.2) is 0 Å². The number of hydrogen-bond acceptors (Lipinski definition) is 2. The van der Waals surface area contributed by atoms with Gasteiger partial charge in [0.15, 0.2) is 0 Å². The summed E-state index contributed by atoms with van der Waals surface area (Å²) in [5.41, 5.74) is 0.981. The van der Waals surface area contributed by atoms with Gasteiger partial charge in [-0.15, -0.1) is 0 Å². The summed E-state index contributed by atoms with van der Waals surface area (Å²) in [7, 11) is 1.75. The Morgan fingerprint density at radius 2 is 2.22 bits per heavy atom. The molecule has 0 spiro atoms. The van der Waals surface area contributed by atoms with Crippen molar-refractivity contribution in [2.45, 2.75) is 25.9 Å². The van der Waals surface area contributed by atoms with Crippen molar-refractivity contribution in [2.75, 3.05) is 7.05 Å². The minimum atomic E-state index is -0.245. The predicted molar refractivity (Wildman–Crippen MR) is 37.8 cm³/mol. The molecule has 9 heavy (non-hydrogen) atoms. The van der Waals surface area contributed by atoms with E-state index in [-0.39, 0.29) is 6.10 Å². The second kappa shape index (κ2) is 2.48. The summed E-state index contributed by atoms with van der Waals surface area (Å²) >= 11 is 0. The monoisotopic (exact) mass is 127 g/mol. The molecular formula is C7H13NO. The number of aliphatic imine (C=N–C) groups is 1. The third kappa shape index (κ3) is 1.13. The third-order valence-corrected chi connectivity index (χ3v) is 1.98. The predicted octanol–water partition coefficient (Wildman–Crippen LogP) is 0.848. The molecule has 2 atom stereocenters. The Morgan fingerprint density at radius 3 is 2.44 bits per heavy atom. The van der Waals surface area contributed by atoms with Crippen LogP contribution in [-0.2, 0) is 0 Å². The fourth-order valence-corrected chi connectivity index (χ4v) is 1.40. The summed E-state index contributed by atoms with van der Waals surface area (Å²) in [6.45, 7) is 2.11. The average molecular weight is 127 g/mol. The first-order chi connectivity index (χ1) is 4.25. The van der Waals surface area contributed by atoms with E-state index in [0.717, 1.165) is 18.6 Å². The zero-order valence-electron chi connectivity index (χ0n) is 5.96. The van der Waals surface area contributed by atoms with Crippen LogP contribution in [-0.4, -0.2) is 24.0 Å². The number of nitrogens with zero attached hydrogens (tertiary/aromatic N) is 1. The number of rotatable bonds is 0. The molecule has 0 bridgehead atoms. The fraction of sp³-hybridized carbons (Fsp3) is 0.857. The molecule has 0 aliphatic heterocycles. The van der Waals surface area contributed by atoms with Crippen LogP contribution in [0, 0.1) is 5.92 Å². The van der Waals surface area contributed by atoms with Crippen molar-refractivity contribution in [1.82, 2.24) is 0 Å². The molecule has 1 aliphatic rings. The largest absolute Gasteiger partial charge is 0.387 e. The van der Waals surface area contributed by atoms with Gasteiger partial charge in [-0.3, -0.25) is 4.99 Å². The number of hydrogen-bond donors (Lipinski definition) is 1. The van der Waals surface area contributed by atoms with E-state index in [4.69, 9.17) is 0 Å². The van der Waals surface area contributed by atoms with Gasteiger partial charge in [-0.2, -0.15) is 0 Å². The van der Waals surface area contributed by atoms with E-state index in [2.05, 4.69) is 11.9 Å². The van der Waals surface area contributed by atoms with Gasteiger partial charge in [0.25, 0.3) is 0 Å². The highest BCUT2D eigenvalue weighted by Crippen LogP contribution is 2.21. The molecule has 1 aliphatic carbocycles. The molecule has 0 heterocycles. The maximum atomic E-state index is 9.23. The summed E-state index contributed by atoms with van der Waals surface area (Å²) in [5.74, 6) is 0.505. The van der Waals surface area contributed by atoms with Gasteiger partial charge in [0.05, 0.1) is 6.10 Å². The van der Waals surface area contributed by atoms with Crippen molar-refractivity contribution in [3.8, 4) is 0 Å². The molecule has 1 N–H and O–H groups in total. The molecule has 0 radical (unpaired) electrons. The lowest BCUT2D eigenvalue weighted by Crippen LogP contribution is -2.16. The van der Waals surface area contributed by atoms with Crippen molar-refractivity contribution in [3.05, 3.63) is 0 Å². The van der Waals surface area contributed by atoms with Crippen molar-refractivity contribution < 1.29 is 5.11 Å². The number of aliphatic hydroxyl groups is 1. The molecular weight excluding hydrogens is 114 g/mol. The molecule has 2 heteroatoms. The van der Waals surface area contributed by atoms with Crippen LogP contribution >= 0.6 is 0 Å². The first-order valence-corrected chi connectivity index (χ1v) is 3.40. The van der Waals surface area contributed by atoms with E-state index < -0.39 is 0 Å². The molecule has 1 unspecified atom stereocenters. The molecule has 0 aromatic heterocycles. The highest BCUT2D eigenvalue weighted by atomic mass is 16.3. The standard InChI is InChI=1S/C7H13NO/c1-5-3-4-6(9)7(5)8-2/h5-6,9H,3-4H2,1-2H3/t5-,6?/m1/s1. The normalized spacial score (nSPS) is 40.1. The lowest BCUT2D eigenvalue weighted by atomic mass is 10.1. The van der Waals surface area contributed by atoms with Gasteiger partial charge in [0.2, 0.25) is 0 Å². The summed E-state index contributed by atoms with van der Waals surface area (Å²) in [5, 5.41) is 9.23. The third-order valence-electron chi connectivity index (χ3n) is 1.98. The summed E-state index contributed by atoms with van der Waals surface area (Å²) in [6.07, 6.45) is 1.74. The zero-order chi connectivity index (χ0) is 6.85. The molecule has 0 saturated heterocycles. The van der Waals surface area contributed by atoms with Crippen molar-refractivity contribution in [1.29, 1.82) is 0 Å². The molecule has 1 saturated carbocycles. The Balaban J connectivity index is 2.66. The van der Waals surface area contributed by atoms with Gasteiger partial charge < -0.3 is 5.11 Å². The van der Waals surface area contributed by atoms with Gasteiger partial charge >= 0.3 is 0 Å². The van der Waals surface area contributed by atoms with Crippen LogP contribution in [0.1, 0.15) is 19.8 Å². The van der Waals surface area contributed by atoms with E-state index in [0.29, 0.717) is 5.92 Å². The highest BCUT2D eigenvalue weighted by molar-refractivity contribution is 5.92. The van der Waals surface area contributed by atoms with Crippen LogP contribution in [0.2, 0.25) is 0 Å². The van der Waals surface area contributed by atoms with Gasteiger partial charge in [-0.1, -0.05) is 6.92 Å². The van der Waals surface area contributed by atoms with Crippen LogP contribution in [0.5, 0.6) is 0 Å². The van der Waals surface area contributed by atoms with Crippen LogP contribution < -0.4 is 0 Å². The second-order valence-corrected chi connectivity index (χ2v) is 2.64. The van der Waals surface area contributed by atoms with E-state index in [1.807, 2.05) is 0 Å². The first kappa shape index (κ1) is 6.75. The first-order valence-electron chi connectivity index (χ1n) is 3.40. The van der Waals surface area contributed by atoms with Crippen LogP contribution in [0.15, 0.2) is 4.99 Å². The summed E-state index contributed by atoms with van der Waals surface area (Å²) < 4.78 is 0. The molecule has 2 nitrogen and oxygen atoms in total. The van der Waals surface area contributed by atoms with Crippen LogP contribution in [0.4, 0.5) is 0 Å². The Morgan fingerprint density at radius 1 is 1.56 bits per heavy atom. The van der Waals surface area contributed by atoms with Gasteiger partial charge in [0, 0.05) is 12.8 Å². The molecule has 0 aromatic rings. The number of aliphatic hydroxyl groups excluding tert-OH is 1. The fourth-order valence-electron chi connectivity index (χ4n) is 1.40. The lowest BCUT2D eigenvalue weighted by molar-refractivity contribution is 0.242. The lowest BCUT2D eigenvalue weighted by Gasteiger charge is -2.03. The maximum absolute atomic E-state index is 9.23. The molecule has 0 aromatic carbocycles. The SMILES string of the molecule is CN=C1C(O)CC[C@H]1C. The van der Waals surface area contributed by atoms with Crippen molar-refractivity contribution in [2.24, 2.45) is 10.9 Å². The highest BCUT2D eigenvalue weighted by Gasteiger charge is 2.25. The van der Waals surface area contributed by atoms with Crippen molar-refractivity contribution >= 4 is 5.71 Å². The quantitative estimate of drug-likeness (QED) is 0.514. The Labute approximate surface area is 55.6 Å². The smallest absolute Gasteiger partial charge is 0.0919 e. The summed E-state index contributed by atoms with van der Waals surface area (Å²) in [6, 6.07) is 0. The maximum Gasteiger partial charge on any atom is 0.0919 e. The van der Waals surface area contributed by atoms with Gasteiger partial charge in [0.1, 0.15) is 0 Å². The van der Waals surface area contributed by atoms with E-state index in [1.54, 1.807) is 7.05 Å². The van der Waals surface area contributed by atoms with Crippen LogP contribution in [0.25, 0.3) is 0 Å². The van der Waals surface area contributed by atoms with Crippen molar-refractivity contribution in [3.63, 3.8) is 0 Å². The molecule has 1 fully saturated rings. The van der Waals surface area contributed by atoms with Gasteiger partial charge in [-0.05, 0) is 18.8 Å². The minimum Gasteiger partial charge on any atom is -0.387 e. The van der Waals surface area contributed by atoms with E-state index in [9.17, 15) is 5.11 Å². The van der Waals surface area contributed by atoms with Crippen LogP contribution in [0.3, 0.4) is 0 Å². The molecule has 1 rings (SSSR count). The van der Waals surface area contributed by atoms with E-state index in [1.165, 1.54) is 0 Å². The molecule has 0 amide bonds. The Kier molecular flexibility index (Phi) is 1.86. The Hall–Kier alpha value is -0.370. The average Bonchev–Trinajstić information content (AvgIpc) is 2.12. The Bertz CT molecular complexity index is 119. The summed E-state index contributed by atoms with van der Waals surface area (Å²) in [4.78, 5) is 4.02. The zero-order valence-corrected chi connectivity index (χ0v) is 5.96. The van der Waals surface area contributed by atoms with E-state index >= 15 is 0 Å². The molecule has 52 valence electrons. The minimum absolute atomic E-state index is 0.245. The topological polar surface area (TPSA) is 32.6 Å².